The molecule has 0 bridgehead atoms. The van der Waals surface area contributed by atoms with Gasteiger partial charge in [-0.3, -0.25) is 4.79 Å². The largest absolute Gasteiger partial charge is 0.494 e. The van der Waals surface area contributed by atoms with Crippen molar-refractivity contribution < 1.29 is 19.4 Å². The minimum absolute atomic E-state index is 0.0605. The Hall–Kier alpha value is -5.11. The Kier molecular flexibility index (Phi) is 11.6. The van der Waals surface area contributed by atoms with Gasteiger partial charge in [0.15, 0.2) is 11.6 Å². The second-order valence-corrected chi connectivity index (χ2v) is 11.6. The first-order valence-electron chi connectivity index (χ1n) is 16.2. The van der Waals surface area contributed by atoms with Crippen molar-refractivity contribution in [2.75, 3.05) is 19.8 Å². The molecule has 5 rings (SSSR count). The van der Waals surface area contributed by atoms with Gasteiger partial charge in [0.05, 0.1) is 13.2 Å². The number of carbonyl (C=O) groups is 1. The quantitative estimate of drug-likeness (QED) is 0.0567. The Labute approximate surface area is 275 Å². The summed E-state index contributed by atoms with van der Waals surface area (Å²) in [6, 6.07) is 33.3. The Bertz CT molecular complexity index is 1690. The second-order valence-electron chi connectivity index (χ2n) is 11.6. The first-order chi connectivity index (χ1) is 23.1. The number of azide groups is 1. The van der Waals surface area contributed by atoms with Crippen LogP contribution in [0, 0.1) is 0 Å². The molecule has 1 aliphatic rings. The zero-order chi connectivity index (χ0) is 32.9. The normalized spacial score (nSPS) is 16.9. The number of carbonyl (C=O) groups excluding carboxylic acids is 1. The molecule has 0 fully saturated rings. The summed E-state index contributed by atoms with van der Waals surface area (Å²) in [5, 5.41) is 16.1. The van der Waals surface area contributed by atoms with Crippen LogP contribution in [-0.4, -0.2) is 42.2 Å². The summed E-state index contributed by atoms with van der Waals surface area (Å²) in [4.78, 5) is 22.6. The molecule has 1 aliphatic heterocycles. The van der Waals surface area contributed by atoms with E-state index in [0.717, 1.165) is 47.1 Å². The third kappa shape index (κ3) is 8.19. The molecule has 4 aromatic carbocycles. The van der Waals surface area contributed by atoms with Gasteiger partial charge in [-0.25, -0.2) is 4.99 Å². The summed E-state index contributed by atoms with van der Waals surface area (Å²) in [5.41, 5.74) is 13.1. The van der Waals surface area contributed by atoms with E-state index in [-0.39, 0.29) is 25.5 Å². The Morgan fingerprint density at radius 2 is 1.60 bits per heavy atom. The van der Waals surface area contributed by atoms with E-state index in [0.29, 0.717) is 36.8 Å². The van der Waals surface area contributed by atoms with Gasteiger partial charge in [0.2, 0.25) is 5.90 Å². The third-order valence-electron chi connectivity index (χ3n) is 8.30. The highest BCUT2D eigenvalue weighted by atomic mass is 16.5. The smallest absolute Gasteiger partial charge is 0.252 e. The number of aliphatic hydroxyl groups excluding tert-OH is 1. The van der Waals surface area contributed by atoms with Gasteiger partial charge < -0.3 is 19.9 Å². The van der Waals surface area contributed by atoms with Crippen molar-refractivity contribution in [2.45, 2.75) is 57.2 Å². The van der Waals surface area contributed by atoms with E-state index < -0.39 is 11.6 Å². The summed E-state index contributed by atoms with van der Waals surface area (Å²) in [6.45, 7) is 3.28. The van der Waals surface area contributed by atoms with Crippen molar-refractivity contribution in [3.8, 4) is 16.9 Å². The third-order valence-corrected chi connectivity index (χ3v) is 8.30. The maximum absolute atomic E-state index is 14.5. The Balaban J connectivity index is 1.58. The molecule has 4 aromatic rings. The van der Waals surface area contributed by atoms with Crippen LogP contribution in [0.5, 0.6) is 5.75 Å². The zero-order valence-corrected chi connectivity index (χ0v) is 26.7. The van der Waals surface area contributed by atoms with Gasteiger partial charge in [-0.2, -0.15) is 0 Å². The number of nitrogens with zero attached hydrogens (tertiary/aromatic N) is 4. The topological polar surface area (TPSA) is 129 Å². The summed E-state index contributed by atoms with van der Waals surface area (Å²) >= 11 is 0. The van der Waals surface area contributed by atoms with Crippen molar-refractivity contribution in [1.29, 1.82) is 0 Å². The van der Waals surface area contributed by atoms with Gasteiger partial charge in [0, 0.05) is 36.5 Å². The molecule has 0 unspecified atom stereocenters. The van der Waals surface area contributed by atoms with E-state index in [9.17, 15) is 4.79 Å². The lowest BCUT2D eigenvalue weighted by Gasteiger charge is -2.31. The average molecular weight is 632 g/mol. The monoisotopic (exact) mass is 631 g/mol. The molecule has 9 heteroatoms. The van der Waals surface area contributed by atoms with Gasteiger partial charge in [-0.05, 0) is 64.0 Å². The van der Waals surface area contributed by atoms with Crippen LogP contribution in [0.25, 0.3) is 21.6 Å². The van der Waals surface area contributed by atoms with E-state index in [2.05, 4.69) is 34.4 Å². The van der Waals surface area contributed by atoms with Gasteiger partial charge in [-0.15, -0.1) is 0 Å². The lowest BCUT2D eigenvalue weighted by atomic mass is 9.80. The van der Waals surface area contributed by atoms with Crippen LogP contribution >= 0.6 is 0 Å². The predicted octanol–water partition coefficient (Wildman–Crippen LogP) is 7.73. The van der Waals surface area contributed by atoms with E-state index >= 15 is 0 Å². The molecule has 47 heavy (non-hydrogen) atoms. The van der Waals surface area contributed by atoms with Gasteiger partial charge >= 0.3 is 0 Å². The molecule has 2 atom stereocenters. The molecule has 1 amide bonds. The van der Waals surface area contributed by atoms with Gasteiger partial charge in [0.1, 0.15) is 5.75 Å². The number of aliphatic hydroxyl groups is 1. The number of amides is 1. The summed E-state index contributed by atoms with van der Waals surface area (Å²) in [6.07, 6.45) is 2.94. The standard InChI is InChI=1S/C38H41N5O4/c1-2-3-9-23-40-37(45)38(26-32-13-7-8-14-33(32)27-41-43-39)35(30-17-15-29(16-18-30)28-11-5-4-6-12-28)47-36(42-38)31-19-21-34(22-20-31)46-25-10-24-44/h4-8,11-22,35,44H,2-3,9-10,23-27H2,1H3,(H,40,45)/t35-,38-/m1/s1. The van der Waals surface area contributed by atoms with Crippen LogP contribution in [-0.2, 0) is 22.5 Å². The minimum atomic E-state index is -1.35. The van der Waals surface area contributed by atoms with Crippen LogP contribution in [0.3, 0.4) is 0 Å². The zero-order valence-electron chi connectivity index (χ0n) is 26.7. The lowest BCUT2D eigenvalue weighted by molar-refractivity contribution is -0.128. The first kappa shape index (κ1) is 33.3. The molecule has 0 saturated heterocycles. The highest BCUT2D eigenvalue weighted by Crippen LogP contribution is 2.43. The van der Waals surface area contributed by atoms with Crippen LogP contribution in [0.1, 0.15) is 61.0 Å². The van der Waals surface area contributed by atoms with E-state index in [1.807, 2.05) is 91.0 Å². The highest BCUT2D eigenvalue weighted by molar-refractivity contribution is 6.01. The van der Waals surface area contributed by atoms with Crippen molar-refractivity contribution in [3.63, 3.8) is 0 Å². The van der Waals surface area contributed by atoms with Crippen molar-refractivity contribution in [2.24, 2.45) is 10.1 Å². The summed E-state index contributed by atoms with van der Waals surface area (Å²) in [7, 11) is 0. The van der Waals surface area contributed by atoms with Crippen LogP contribution in [0.4, 0.5) is 0 Å². The number of unbranched alkanes of at least 4 members (excludes halogenated alkanes) is 2. The van der Waals surface area contributed by atoms with Crippen molar-refractivity contribution >= 4 is 11.8 Å². The molecule has 0 spiro atoms. The fourth-order valence-corrected chi connectivity index (χ4v) is 5.78. The molecule has 0 saturated carbocycles. The maximum Gasteiger partial charge on any atom is 0.252 e. The van der Waals surface area contributed by atoms with Gasteiger partial charge in [-0.1, -0.05) is 104 Å². The molecule has 9 nitrogen and oxygen atoms in total. The highest BCUT2D eigenvalue weighted by Gasteiger charge is 2.53. The maximum atomic E-state index is 14.5. The number of hydrogen-bond acceptors (Lipinski definition) is 6. The molecule has 0 aromatic heterocycles. The van der Waals surface area contributed by atoms with E-state index in [1.54, 1.807) is 0 Å². The molecule has 0 radical (unpaired) electrons. The molecule has 242 valence electrons. The van der Waals surface area contributed by atoms with Crippen LogP contribution in [0.15, 0.2) is 113 Å². The Morgan fingerprint density at radius 3 is 2.30 bits per heavy atom. The lowest BCUT2D eigenvalue weighted by Crippen LogP contribution is -2.50. The number of nitrogens with one attached hydrogen (secondary N) is 1. The van der Waals surface area contributed by atoms with Crippen molar-refractivity contribution in [1.82, 2.24) is 5.32 Å². The Morgan fingerprint density at radius 1 is 0.915 bits per heavy atom. The van der Waals surface area contributed by atoms with Crippen LogP contribution < -0.4 is 10.1 Å². The molecule has 0 aliphatic carbocycles. The van der Waals surface area contributed by atoms with Crippen molar-refractivity contribution in [3.05, 3.63) is 136 Å². The average Bonchev–Trinajstić information content (AvgIpc) is 3.51. The molecule has 1 heterocycles. The molecular weight excluding hydrogens is 590 g/mol. The number of rotatable bonds is 16. The molecular formula is C38H41N5O4. The molecule has 2 N–H and O–H groups in total. The number of hydrogen-bond donors (Lipinski definition) is 2. The summed E-state index contributed by atoms with van der Waals surface area (Å²) < 4.78 is 12.4. The van der Waals surface area contributed by atoms with Gasteiger partial charge in [0.25, 0.3) is 5.91 Å². The fourth-order valence-electron chi connectivity index (χ4n) is 5.78. The summed E-state index contributed by atoms with van der Waals surface area (Å²) in [5.74, 6) is 0.810. The second kappa shape index (κ2) is 16.5. The minimum Gasteiger partial charge on any atom is -0.494 e. The number of aliphatic imine (C=N–C) groups is 1. The number of benzene rings is 4. The first-order valence-corrected chi connectivity index (χ1v) is 16.2. The number of ether oxygens (including phenoxy) is 2. The van der Waals surface area contributed by atoms with E-state index in [4.69, 9.17) is 25.1 Å². The van der Waals surface area contributed by atoms with Crippen LogP contribution in [0.2, 0.25) is 0 Å². The fraction of sp³-hybridized carbons (Fsp3) is 0.316. The SMILES string of the molecule is CCCCCNC(=O)[C@]1(Cc2ccccc2CN=[N+]=[N-])N=C(c2ccc(OCCCO)cc2)O[C@@H]1c1ccc(-c2ccccc2)cc1. The predicted molar refractivity (Wildman–Crippen MR) is 184 cm³/mol. The van der Waals surface area contributed by atoms with E-state index in [1.165, 1.54) is 0 Å².